The molecule has 96 valence electrons. The molecule has 0 bridgehead atoms. The summed E-state index contributed by atoms with van der Waals surface area (Å²) in [6, 6.07) is 13.4. The first kappa shape index (κ1) is 12.1. The van der Waals surface area contributed by atoms with Gasteiger partial charge in [0, 0.05) is 17.3 Å². The van der Waals surface area contributed by atoms with Crippen LogP contribution < -0.4 is 4.74 Å². The van der Waals surface area contributed by atoms with Crippen molar-refractivity contribution in [1.29, 1.82) is 5.26 Å². The SMILES string of the molecule is Cc1ccc2cccc(Oc3cnccc3C#N)c2n1. The number of nitriles is 1. The quantitative estimate of drug-likeness (QED) is 0.707. The Morgan fingerprint density at radius 1 is 1.10 bits per heavy atom. The minimum Gasteiger partial charge on any atom is -0.452 e. The van der Waals surface area contributed by atoms with Gasteiger partial charge in [-0.3, -0.25) is 4.98 Å². The summed E-state index contributed by atoms with van der Waals surface area (Å²) in [7, 11) is 0. The van der Waals surface area contributed by atoms with Gasteiger partial charge in [-0.25, -0.2) is 4.98 Å². The highest BCUT2D eigenvalue weighted by Crippen LogP contribution is 2.29. The monoisotopic (exact) mass is 261 g/mol. The van der Waals surface area contributed by atoms with Gasteiger partial charge >= 0.3 is 0 Å². The normalized spacial score (nSPS) is 10.2. The van der Waals surface area contributed by atoms with Crippen molar-refractivity contribution in [1.82, 2.24) is 9.97 Å². The third-order valence-corrected chi connectivity index (χ3v) is 2.95. The van der Waals surface area contributed by atoms with Crippen molar-refractivity contribution in [2.75, 3.05) is 0 Å². The van der Waals surface area contributed by atoms with E-state index in [-0.39, 0.29) is 0 Å². The predicted octanol–water partition coefficient (Wildman–Crippen LogP) is 3.60. The highest BCUT2D eigenvalue weighted by Gasteiger charge is 2.08. The number of fused-ring (bicyclic) bond motifs is 1. The summed E-state index contributed by atoms with van der Waals surface area (Å²) < 4.78 is 5.82. The van der Waals surface area contributed by atoms with E-state index in [1.165, 1.54) is 6.20 Å². The third kappa shape index (κ3) is 2.17. The molecule has 0 saturated carbocycles. The van der Waals surface area contributed by atoms with Gasteiger partial charge in [-0.15, -0.1) is 0 Å². The van der Waals surface area contributed by atoms with E-state index in [0.29, 0.717) is 17.1 Å². The molecule has 0 aliphatic carbocycles. The van der Waals surface area contributed by atoms with E-state index in [1.54, 1.807) is 12.3 Å². The number of ether oxygens (including phenoxy) is 1. The van der Waals surface area contributed by atoms with Gasteiger partial charge < -0.3 is 4.74 Å². The average molecular weight is 261 g/mol. The van der Waals surface area contributed by atoms with Crippen LogP contribution >= 0.6 is 0 Å². The smallest absolute Gasteiger partial charge is 0.163 e. The molecule has 0 spiro atoms. The Labute approximate surface area is 116 Å². The summed E-state index contributed by atoms with van der Waals surface area (Å²) in [6.45, 7) is 1.93. The Morgan fingerprint density at radius 3 is 2.85 bits per heavy atom. The second kappa shape index (κ2) is 4.98. The Morgan fingerprint density at radius 2 is 2.00 bits per heavy atom. The fourth-order valence-electron chi connectivity index (χ4n) is 1.97. The van der Waals surface area contributed by atoms with Crippen LogP contribution in [-0.4, -0.2) is 9.97 Å². The molecule has 0 atom stereocenters. The summed E-state index contributed by atoms with van der Waals surface area (Å²) in [5.41, 5.74) is 2.14. The maximum absolute atomic E-state index is 9.08. The van der Waals surface area contributed by atoms with Crippen molar-refractivity contribution in [3.05, 3.63) is 60.0 Å². The zero-order valence-electron chi connectivity index (χ0n) is 10.9. The summed E-state index contributed by atoms with van der Waals surface area (Å²) in [6.07, 6.45) is 3.10. The molecule has 0 aliphatic rings. The van der Waals surface area contributed by atoms with Gasteiger partial charge in [0.05, 0.1) is 11.8 Å². The van der Waals surface area contributed by atoms with Crippen LogP contribution in [0.25, 0.3) is 10.9 Å². The van der Waals surface area contributed by atoms with E-state index in [9.17, 15) is 0 Å². The molecule has 0 aliphatic heterocycles. The molecular formula is C16H11N3O. The van der Waals surface area contributed by atoms with Crippen LogP contribution in [0.5, 0.6) is 11.5 Å². The van der Waals surface area contributed by atoms with E-state index in [4.69, 9.17) is 10.00 Å². The lowest BCUT2D eigenvalue weighted by atomic mass is 10.2. The standard InChI is InChI=1S/C16H11N3O/c1-11-5-6-12-3-2-4-14(16(12)19-11)20-15-10-18-8-7-13(15)9-17/h2-8,10H,1H3. The third-order valence-electron chi connectivity index (χ3n) is 2.95. The van der Waals surface area contributed by atoms with Crippen molar-refractivity contribution >= 4 is 10.9 Å². The Balaban J connectivity index is 2.11. The molecule has 0 amide bonds. The molecule has 2 aromatic heterocycles. The molecule has 1 aromatic carbocycles. The first-order valence-corrected chi connectivity index (χ1v) is 6.16. The zero-order valence-corrected chi connectivity index (χ0v) is 10.9. The lowest BCUT2D eigenvalue weighted by Gasteiger charge is -2.09. The largest absolute Gasteiger partial charge is 0.452 e. The summed E-state index contributed by atoms with van der Waals surface area (Å²) in [4.78, 5) is 8.49. The van der Waals surface area contributed by atoms with Gasteiger partial charge in [0.2, 0.25) is 0 Å². The molecule has 0 unspecified atom stereocenters. The first-order chi connectivity index (χ1) is 9.78. The van der Waals surface area contributed by atoms with E-state index in [0.717, 1.165) is 16.6 Å². The fourth-order valence-corrected chi connectivity index (χ4v) is 1.97. The minimum atomic E-state index is 0.436. The average Bonchev–Trinajstić information content (AvgIpc) is 2.48. The molecule has 0 fully saturated rings. The molecule has 3 aromatic rings. The maximum atomic E-state index is 9.08. The Hall–Kier alpha value is -2.93. The van der Waals surface area contributed by atoms with Crippen LogP contribution in [0.4, 0.5) is 0 Å². The fraction of sp³-hybridized carbons (Fsp3) is 0.0625. The number of hydrogen-bond donors (Lipinski definition) is 0. The van der Waals surface area contributed by atoms with Crippen LogP contribution in [0.15, 0.2) is 48.8 Å². The molecule has 4 nitrogen and oxygen atoms in total. The van der Waals surface area contributed by atoms with Crippen molar-refractivity contribution in [2.24, 2.45) is 0 Å². The lowest BCUT2D eigenvalue weighted by molar-refractivity contribution is 0.483. The highest BCUT2D eigenvalue weighted by atomic mass is 16.5. The molecule has 3 rings (SSSR count). The topological polar surface area (TPSA) is 58.8 Å². The summed E-state index contributed by atoms with van der Waals surface area (Å²) in [5.74, 6) is 1.06. The molecule has 2 heterocycles. The van der Waals surface area contributed by atoms with Crippen molar-refractivity contribution in [3.8, 4) is 17.6 Å². The predicted molar refractivity (Wildman–Crippen MR) is 75.5 cm³/mol. The number of aromatic nitrogens is 2. The van der Waals surface area contributed by atoms with Gasteiger partial charge in [0.1, 0.15) is 11.6 Å². The number of pyridine rings is 2. The number of rotatable bonds is 2. The van der Waals surface area contributed by atoms with Gasteiger partial charge in [-0.05, 0) is 25.1 Å². The van der Waals surface area contributed by atoms with Crippen LogP contribution in [-0.2, 0) is 0 Å². The number of benzene rings is 1. The van der Waals surface area contributed by atoms with Gasteiger partial charge in [0.15, 0.2) is 11.5 Å². The van der Waals surface area contributed by atoms with Crippen LogP contribution in [0.3, 0.4) is 0 Å². The second-order valence-corrected chi connectivity index (χ2v) is 4.37. The van der Waals surface area contributed by atoms with Crippen LogP contribution in [0.2, 0.25) is 0 Å². The van der Waals surface area contributed by atoms with E-state index in [1.807, 2.05) is 37.3 Å². The first-order valence-electron chi connectivity index (χ1n) is 6.16. The van der Waals surface area contributed by atoms with E-state index in [2.05, 4.69) is 16.0 Å². The minimum absolute atomic E-state index is 0.436. The maximum Gasteiger partial charge on any atom is 0.163 e. The lowest BCUT2D eigenvalue weighted by Crippen LogP contribution is -1.92. The van der Waals surface area contributed by atoms with E-state index < -0.39 is 0 Å². The number of nitrogens with zero attached hydrogens (tertiary/aromatic N) is 3. The van der Waals surface area contributed by atoms with Gasteiger partial charge in [0.25, 0.3) is 0 Å². The van der Waals surface area contributed by atoms with Gasteiger partial charge in [-0.2, -0.15) is 5.26 Å². The number of aryl methyl sites for hydroxylation is 1. The Kier molecular flexibility index (Phi) is 3.02. The summed E-state index contributed by atoms with van der Waals surface area (Å²) >= 11 is 0. The number of hydrogen-bond acceptors (Lipinski definition) is 4. The molecule has 20 heavy (non-hydrogen) atoms. The summed E-state index contributed by atoms with van der Waals surface area (Å²) in [5, 5.41) is 10.1. The molecule has 4 heteroatoms. The van der Waals surface area contributed by atoms with Crippen molar-refractivity contribution in [3.63, 3.8) is 0 Å². The van der Waals surface area contributed by atoms with E-state index >= 15 is 0 Å². The molecular weight excluding hydrogens is 250 g/mol. The Bertz CT molecular complexity index is 821. The second-order valence-electron chi connectivity index (χ2n) is 4.37. The number of para-hydroxylation sites is 1. The van der Waals surface area contributed by atoms with Crippen LogP contribution in [0.1, 0.15) is 11.3 Å². The van der Waals surface area contributed by atoms with Gasteiger partial charge in [-0.1, -0.05) is 18.2 Å². The molecule has 0 N–H and O–H groups in total. The highest BCUT2D eigenvalue weighted by molar-refractivity contribution is 5.84. The van der Waals surface area contributed by atoms with Crippen molar-refractivity contribution < 1.29 is 4.74 Å². The van der Waals surface area contributed by atoms with Crippen molar-refractivity contribution in [2.45, 2.75) is 6.92 Å². The molecule has 0 saturated heterocycles. The molecule has 0 radical (unpaired) electrons. The zero-order chi connectivity index (χ0) is 13.9. The van der Waals surface area contributed by atoms with Crippen LogP contribution in [0, 0.1) is 18.3 Å².